The summed E-state index contributed by atoms with van der Waals surface area (Å²) in [5, 5.41) is 4.30. The molecular weight excluding hydrogens is 348 g/mol. The Labute approximate surface area is 161 Å². The van der Waals surface area contributed by atoms with Gasteiger partial charge < -0.3 is 10.3 Å². The van der Waals surface area contributed by atoms with E-state index >= 15 is 0 Å². The van der Waals surface area contributed by atoms with E-state index in [0.29, 0.717) is 16.9 Å². The Morgan fingerprint density at radius 3 is 2.57 bits per heavy atom. The third-order valence-electron chi connectivity index (χ3n) is 4.71. The summed E-state index contributed by atoms with van der Waals surface area (Å²) in [6.45, 7) is 0. The number of nitrogens with one attached hydrogen (secondary N) is 2. The number of benzene rings is 3. The summed E-state index contributed by atoms with van der Waals surface area (Å²) in [6, 6.07) is 25.3. The Balaban J connectivity index is 1.58. The quantitative estimate of drug-likeness (QED) is 0.423. The van der Waals surface area contributed by atoms with Crippen LogP contribution in [0.2, 0.25) is 0 Å². The molecule has 134 valence electrons. The summed E-state index contributed by atoms with van der Waals surface area (Å²) in [5.41, 5.74) is 5.01. The summed E-state index contributed by atoms with van der Waals surface area (Å²) < 4.78 is 0. The smallest absolute Gasteiger partial charge is 0.152 e. The highest BCUT2D eigenvalue weighted by atomic mass is 16.1. The molecule has 0 aliphatic carbocycles. The van der Waals surface area contributed by atoms with Crippen molar-refractivity contribution in [1.82, 2.24) is 15.0 Å². The minimum Gasteiger partial charge on any atom is -0.340 e. The number of hydrogen-bond acceptors (Lipinski definition) is 4. The normalized spacial score (nSPS) is 11.0. The molecule has 5 rings (SSSR count). The van der Waals surface area contributed by atoms with E-state index in [1.807, 2.05) is 72.8 Å². The van der Waals surface area contributed by atoms with E-state index in [1.54, 1.807) is 6.07 Å². The zero-order valence-corrected chi connectivity index (χ0v) is 14.9. The van der Waals surface area contributed by atoms with Crippen molar-refractivity contribution in [2.75, 3.05) is 5.32 Å². The lowest BCUT2D eigenvalue weighted by Gasteiger charge is -2.11. The first-order valence-corrected chi connectivity index (χ1v) is 8.98. The molecule has 0 bridgehead atoms. The van der Waals surface area contributed by atoms with Crippen molar-refractivity contribution < 1.29 is 4.79 Å². The lowest BCUT2D eigenvalue weighted by Crippen LogP contribution is -1.97. The summed E-state index contributed by atoms with van der Waals surface area (Å²) >= 11 is 0. The Hall–Kier alpha value is -3.99. The maximum Gasteiger partial charge on any atom is 0.152 e. The first-order chi connectivity index (χ1) is 13.8. The van der Waals surface area contributed by atoms with Gasteiger partial charge >= 0.3 is 0 Å². The number of anilines is 2. The van der Waals surface area contributed by atoms with Gasteiger partial charge in [0.25, 0.3) is 0 Å². The molecular formula is C23H16N4O. The Morgan fingerprint density at radius 1 is 0.821 bits per heavy atom. The second-order valence-electron chi connectivity index (χ2n) is 6.51. The number of pyridine rings is 1. The molecule has 5 aromatic rings. The van der Waals surface area contributed by atoms with Gasteiger partial charge in [-0.1, -0.05) is 36.4 Å². The highest BCUT2D eigenvalue weighted by molar-refractivity contribution is 5.96. The van der Waals surface area contributed by atoms with Crippen molar-refractivity contribution in [3.63, 3.8) is 0 Å². The van der Waals surface area contributed by atoms with E-state index in [9.17, 15) is 4.79 Å². The molecule has 2 aromatic heterocycles. The second-order valence-corrected chi connectivity index (χ2v) is 6.51. The monoisotopic (exact) mass is 364 g/mol. The van der Waals surface area contributed by atoms with Gasteiger partial charge in [-0.3, -0.25) is 4.79 Å². The largest absolute Gasteiger partial charge is 0.340 e. The first kappa shape index (κ1) is 16.2. The van der Waals surface area contributed by atoms with Crippen LogP contribution in [0, 0.1) is 0 Å². The first-order valence-electron chi connectivity index (χ1n) is 8.98. The number of hydrogen-bond donors (Lipinski definition) is 2. The van der Waals surface area contributed by atoms with E-state index in [-0.39, 0.29) is 0 Å². The number of nitrogens with zero attached hydrogens (tertiary/aromatic N) is 2. The van der Waals surface area contributed by atoms with Gasteiger partial charge in [0.15, 0.2) is 6.29 Å². The molecule has 0 spiro atoms. The lowest BCUT2D eigenvalue weighted by molar-refractivity contribution is 0.112. The van der Waals surface area contributed by atoms with Gasteiger partial charge in [0.1, 0.15) is 11.6 Å². The molecule has 5 nitrogen and oxygen atoms in total. The fraction of sp³-hybridized carbons (Fsp3) is 0. The van der Waals surface area contributed by atoms with Crippen molar-refractivity contribution in [2.24, 2.45) is 0 Å². The number of rotatable bonds is 4. The molecule has 5 heteroatoms. The number of aromatic amines is 1. The zero-order chi connectivity index (χ0) is 18.9. The van der Waals surface area contributed by atoms with E-state index in [2.05, 4.69) is 15.3 Å². The predicted octanol–water partition coefficient (Wildman–Crippen LogP) is 5.33. The number of carbonyl (C=O) groups excluding carboxylic acids is 1. The average Bonchev–Trinajstić information content (AvgIpc) is 3.18. The molecule has 0 saturated carbocycles. The van der Waals surface area contributed by atoms with Crippen LogP contribution in [0.3, 0.4) is 0 Å². The van der Waals surface area contributed by atoms with Crippen LogP contribution in [0.5, 0.6) is 0 Å². The van der Waals surface area contributed by atoms with Crippen LogP contribution in [0.25, 0.3) is 33.3 Å². The van der Waals surface area contributed by atoms with Crippen molar-refractivity contribution in [3.05, 3.63) is 84.4 Å². The van der Waals surface area contributed by atoms with Crippen LogP contribution in [0.4, 0.5) is 11.5 Å². The number of fused-ring (bicyclic) bond motifs is 2. The van der Waals surface area contributed by atoms with Gasteiger partial charge in [-0.2, -0.15) is 0 Å². The fourth-order valence-corrected chi connectivity index (χ4v) is 3.35. The third-order valence-corrected chi connectivity index (χ3v) is 4.71. The van der Waals surface area contributed by atoms with Crippen molar-refractivity contribution in [3.8, 4) is 11.4 Å². The van der Waals surface area contributed by atoms with E-state index < -0.39 is 0 Å². The molecule has 0 saturated heterocycles. The van der Waals surface area contributed by atoms with Crippen molar-refractivity contribution in [2.45, 2.75) is 0 Å². The number of aromatic nitrogens is 3. The predicted molar refractivity (Wildman–Crippen MR) is 112 cm³/mol. The Bertz CT molecular complexity index is 1290. The molecule has 0 radical (unpaired) electrons. The molecule has 28 heavy (non-hydrogen) atoms. The molecule has 0 fully saturated rings. The van der Waals surface area contributed by atoms with Gasteiger partial charge in [-0.25, -0.2) is 9.97 Å². The van der Waals surface area contributed by atoms with Crippen LogP contribution in [0.1, 0.15) is 10.4 Å². The summed E-state index contributed by atoms with van der Waals surface area (Å²) in [6.07, 6.45) is 0.835. The molecule has 2 heterocycles. The molecule has 0 aliphatic heterocycles. The summed E-state index contributed by atoms with van der Waals surface area (Å²) in [4.78, 5) is 24.1. The SMILES string of the molecule is O=Cc1cccc2ccc(Nc3ccccc3-c3nc4ccccc4[nH]3)nc12. The standard InChI is InChI=1S/C23H16N4O/c28-14-16-7-5-6-15-12-13-21(27-22(15)16)24-18-9-2-1-8-17(18)23-25-19-10-3-4-11-20(19)26-23/h1-14H,(H,24,27)(H,25,26). The topological polar surface area (TPSA) is 70.7 Å². The number of aldehydes is 1. The average molecular weight is 364 g/mol. The number of para-hydroxylation sites is 4. The summed E-state index contributed by atoms with van der Waals surface area (Å²) in [7, 11) is 0. The molecule has 0 amide bonds. The zero-order valence-electron chi connectivity index (χ0n) is 14.9. The van der Waals surface area contributed by atoms with Crippen LogP contribution >= 0.6 is 0 Å². The molecule has 0 atom stereocenters. The maximum atomic E-state index is 11.3. The van der Waals surface area contributed by atoms with Gasteiger partial charge in [-0.05, 0) is 42.5 Å². The molecule has 3 aromatic carbocycles. The Morgan fingerprint density at radius 2 is 1.68 bits per heavy atom. The third kappa shape index (κ3) is 2.79. The van der Waals surface area contributed by atoms with Gasteiger partial charge in [0.05, 0.1) is 22.2 Å². The molecule has 2 N–H and O–H groups in total. The minimum absolute atomic E-state index is 0.576. The highest BCUT2D eigenvalue weighted by Gasteiger charge is 2.11. The van der Waals surface area contributed by atoms with E-state index in [4.69, 9.17) is 4.98 Å². The fourth-order valence-electron chi connectivity index (χ4n) is 3.35. The van der Waals surface area contributed by atoms with Crippen LogP contribution < -0.4 is 5.32 Å². The number of imidazole rings is 1. The molecule has 0 unspecified atom stereocenters. The van der Waals surface area contributed by atoms with Crippen LogP contribution in [0.15, 0.2) is 78.9 Å². The van der Waals surface area contributed by atoms with Crippen molar-refractivity contribution in [1.29, 1.82) is 0 Å². The minimum atomic E-state index is 0.576. The number of carbonyl (C=O) groups is 1. The molecule has 0 aliphatic rings. The van der Waals surface area contributed by atoms with Crippen LogP contribution in [-0.2, 0) is 0 Å². The van der Waals surface area contributed by atoms with Crippen molar-refractivity contribution >= 4 is 39.7 Å². The van der Waals surface area contributed by atoms with E-state index in [1.165, 1.54) is 0 Å². The lowest BCUT2D eigenvalue weighted by atomic mass is 10.1. The van der Waals surface area contributed by atoms with Gasteiger partial charge in [0.2, 0.25) is 0 Å². The van der Waals surface area contributed by atoms with Gasteiger partial charge in [-0.15, -0.1) is 0 Å². The number of H-pyrrole nitrogens is 1. The van der Waals surface area contributed by atoms with E-state index in [0.717, 1.165) is 39.8 Å². The second kappa shape index (κ2) is 6.63. The van der Waals surface area contributed by atoms with Crippen LogP contribution in [-0.4, -0.2) is 21.2 Å². The Kier molecular flexibility index (Phi) is 3.84. The maximum absolute atomic E-state index is 11.3. The van der Waals surface area contributed by atoms with Gasteiger partial charge in [0, 0.05) is 16.5 Å². The highest BCUT2D eigenvalue weighted by Crippen LogP contribution is 2.30. The summed E-state index contributed by atoms with van der Waals surface area (Å²) in [5.74, 6) is 1.46.